The van der Waals surface area contributed by atoms with Crippen LogP contribution in [0.4, 0.5) is 5.69 Å². The van der Waals surface area contributed by atoms with Gasteiger partial charge in [0.05, 0.1) is 6.54 Å². The minimum absolute atomic E-state index is 0.0864. The van der Waals surface area contributed by atoms with E-state index in [1.807, 2.05) is 12.1 Å². The summed E-state index contributed by atoms with van der Waals surface area (Å²) in [5.41, 5.74) is 1.25. The van der Waals surface area contributed by atoms with E-state index >= 15 is 0 Å². The minimum Gasteiger partial charge on any atom is -0.322 e. The zero-order valence-corrected chi connectivity index (χ0v) is 13.4. The monoisotopic (exact) mass is 339 g/mol. The van der Waals surface area contributed by atoms with E-state index in [1.54, 1.807) is 48.9 Å². The van der Waals surface area contributed by atoms with Crippen LogP contribution in [0.25, 0.3) is 0 Å². The van der Waals surface area contributed by atoms with Crippen LogP contribution < -0.4 is 10.9 Å². The van der Waals surface area contributed by atoms with Crippen molar-refractivity contribution in [3.05, 3.63) is 93.6 Å². The van der Waals surface area contributed by atoms with Crippen molar-refractivity contribution in [1.29, 1.82) is 0 Å². The number of amides is 1. The van der Waals surface area contributed by atoms with Gasteiger partial charge in [-0.2, -0.15) is 0 Å². The predicted octanol–water partition coefficient (Wildman–Crippen LogP) is 3.20. The number of benzene rings is 1. The van der Waals surface area contributed by atoms with E-state index < -0.39 is 5.91 Å². The highest BCUT2D eigenvalue weighted by molar-refractivity contribution is 6.30. The maximum Gasteiger partial charge on any atom is 0.263 e. The SMILES string of the molecule is O=C(Nc1ccncc1)c1cccn(Cc2ccc(Cl)cc2)c1=O. The van der Waals surface area contributed by atoms with Crippen LogP contribution in [-0.4, -0.2) is 15.5 Å². The summed E-state index contributed by atoms with van der Waals surface area (Å²) in [6.07, 6.45) is 4.79. The molecular weight excluding hydrogens is 326 g/mol. The number of carbonyl (C=O) groups is 1. The van der Waals surface area contributed by atoms with Gasteiger partial charge in [0.2, 0.25) is 0 Å². The Balaban J connectivity index is 1.84. The largest absolute Gasteiger partial charge is 0.322 e. The Morgan fingerprint density at radius 2 is 1.79 bits per heavy atom. The summed E-state index contributed by atoms with van der Waals surface area (Å²) in [4.78, 5) is 28.7. The summed E-state index contributed by atoms with van der Waals surface area (Å²) < 4.78 is 1.49. The van der Waals surface area contributed by atoms with Crippen molar-refractivity contribution >= 4 is 23.2 Å². The van der Waals surface area contributed by atoms with Gasteiger partial charge in [0, 0.05) is 29.3 Å². The molecular formula is C18H14ClN3O2. The van der Waals surface area contributed by atoms with Gasteiger partial charge in [0.15, 0.2) is 0 Å². The molecule has 0 atom stereocenters. The summed E-state index contributed by atoms with van der Waals surface area (Å²) in [5.74, 6) is -0.448. The lowest BCUT2D eigenvalue weighted by Gasteiger charge is -2.09. The van der Waals surface area contributed by atoms with Gasteiger partial charge < -0.3 is 9.88 Å². The number of halogens is 1. The number of anilines is 1. The lowest BCUT2D eigenvalue weighted by atomic mass is 10.2. The molecule has 0 aliphatic heterocycles. The van der Waals surface area contributed by atoms with Crippen molar-refractivity contribution in [3.8, 4) is 0 Å². The smallest absolute Gasteiger partial charge is 0.263 e. The zero-order valence-electron chi connectivity index (χ0n) is 12.6. The minimum atomic E-state index is -0.448. The Kier molecular flexibility index (Phi) is 4.72. The molecule has 3 aromatic rings. The van der Waals surface area contributed by atoms with Gasteiger partial charge in [-0.1, -0.05) is 23.7 Å². The number of hydrogen-bond donors (Lipinski definition) is 1. The Bertz CT molecular complexity index is 906. The highest BCUT2D eigenvalue weighted by Crippen LogP contribution is 2.10. The van der Waals surface area contributed by atoms with Gasteiger partial charge in [-0.15, -0.1) is 0 Å². The topological polar surface area (TPSA) is 64.0 Å². The first-order valence-corrected chi connectivity index (χ1v) is 7.66. The maximum atomic E-state index is 12.5. The van der Waals surface area contributed by atoms with Crippen molar-refractivity contribution < 1.29 is 4.79 Å². The Morgan fingerprint density at radius 3 is 2.50 bits per heavy atom. The third kappa shape index (κ3) is 3.70. The highest BCUT2D eigenvalue weighted by Gasteiger charge is 2.12. The fraction of sp³-hybridized carbons (Fsp3) is 0.0556. The second-order valence-corrected chi connectivity index (χ2v) is 5.61. The lowest BCUT2D eigenvalue weighted by molar-refractivity contribution is 0.102. The van der Waals surface area contributed by atoms with Gasteiger partial charge in [0.1, 0.15) is 5.56 Å². The maximum absolute atomic E-state index is 12.5. The highest BCUT2D eigenvalue weighted by atomic mass is 35.5. The second kappa shape index (κ2) is 7.10. The molecule has 1 amide bonds. The Labute approximate surface area is 143 Å². The molecule has 1 N–H and O–H groups in total. The summed E-state index contributed by atoms with van der Waals surface area (Å²) in [7, 11) is 0. The summed E-state index contributed by atoms with van der Waals surface area (Å²) in [6, 6.07) is 13.7. The zero-order chi connectivity index (χ0) is 16.9. The molecule has 0 saturated carbocycles. The Hall–Kier alpha value is -2.92. The molecule has 0 spiro atoms. The molecule has 0 aliphatic rings. The van der Waals surface area contributed by atoms with Crippen molar-refractivity contribution in [1.82, 2.24) is 9.55 Å². The number of nitrogens with one attached hydrogen (secondary N) is 1. The third-order valence-electron chi connectivity index (χ3n) is 3.47. The second-order valence-electron chi connectivity index (χ2n) is 5.17. The normalized spacial score (nSPS) is 10.4. The van der Waals surface area contributed by atoms with E-state index in [-0.39, 0.29) is 11.1 Å². The molecule has 6 heteroatoms. The molecule has 0 saturated heterocycles. The molecule has 0 radical (unpaired) electrons. The molecule has 2 heterocycles. The first-order valence-electron chi connectivity index (χ1n) is 7.29. The molecule has 3 rings (SSSR count). The fourth-order valence-electron chi connectivity index (χ4n) is 2.25. The molecule has 0 aliphatic carbocycles. The molecule has 0 fully saturated rings. The molecule has 0 bridgehead atoms. The van der Waals surface area contributed by atoms with E-state index in [0.717, 1.165) is 5.56 Å². The van der Waals surface area contributed by atoms with Crippen LogP contribution in [0.2, 0.25) is 5.02 Å². The standard InChI is InChI=1S/C18H14ClN3O2/c19-14-5-3-13(4-6-14)12-22-11-1-2-16(18(22)24)17(23)21-15-7-9-20-10-8-15/h1-11H,12H2,(H,20,21,23). The molecule has 0 unspecified atom stereocenters. The predicted molar refractivity (Wildman–Crippen MR) is 93.4 cm³/mol. The number of pyridine rings is 2. The van der Waals surface area contributed by atoms with Crippen molar-refractivity contribution in [2.45, 2.75) is 6.54 Å². The van der Waals surface area contributed by atoms with E-state index in [4.69, 9.17) is 11.6 Å². The lowest BCUT2D eigenvalue weighted by Crippen LogP contribution is -2.29. The van der Waals surface area contributed by atoms with Crippen LogP contribution >= 0.6 is 11.6 Å². The van der Waals surface area contributed by atoms with Crippen LogP contribution in [0, 0.1) is 0 Å². The van der Waals surface area contributed by atoms with Crippen LogP contribution in [0.5, 0.6) is 0 Å². The third-order valence-corrected chi connectivity index (χ3v) is 3.72. The average molecular weight is 340 g/mol. The van der Waals surface area contributed by atoms with Crippen LogP contribution in [0.1, 0.15) is 15.9 Å². The average Bonchev–Trinajstić information content (AvgIpc) is 2.59. The van der Waals surface area contributed by atoms with Crippen LogP contribution in [-0.2, 0) is 6.54 Å². The summed E-state index contributed by atoms with van der Waals surface area (Å²) >= 11 is 5.86. The summed E-state index contributed by atoms with van der Waals surface area (Å²) in [6.45, 7) is 0.367. The number of nitrogens with zero attached hydrogens (tertiary/aromatic N) is 2. The molecule has 5 nitrogen and oxygen atoms in total. The first kappa shape index (κ1) is 16.0. The quantitative estimate of drug-likeness (QED) is 0.794. The molecule has 1 aromatic carbocycles. The molecule has 2 aromatic heterocycles. The fourth-order valence-corrected chi connectivity index (χ4v) is 2.38. The van der Waals surface area contributed by atoms with Crippen molar-refractivity contribution in [3.63, 3.8) is 0 Å². The van der Waals surface area contributed by atoms with Gasteiger partial charge in [0.25, 0.3) is 11.5 Å². The number of aromatic nitrogens is 2. The van der Waals surface area contributed by atoms with Gasteiger partial charge in [-0.3, -0.25) is 14.6 Å². The number of rotatable bonds is 4. The molecule has 120 valence electrons. The van der Waals surface area contributed by atoms with Crippen LogP contribution in [0.15, 0.2) is 71.9 Å². The van der Waals surface area contributed by atoms with Crippen LogP contribution in [0.3, 0.4) is 0 Å². The van der Waals surface area contributed by atoms with E-state index in [0.29, 0.717) is 17.3 Å². The molecule has 24 heavy (non-hydrogen) atoms. The Morgan fingerprint density at radius 1 is 1.08 bits per heavy atom. The summed E-state index contributed by atoms with van der Waals surface area (Å²) in [5, 5.41) is 3.32. The number of hydrogen-bond acceptors (Lipinski definition) is 3. The first-order chi connectivity index (χ1) is 11.6. The van der Waals surface area contributed by atoms with Gasteiger partial charge in [-0.25, -0.2) is 0 Å². The van der Waals surface area contributed by atoms with Gasteiger partial charge >= 0.3 is 0 Å². The van der Waals surface area contributed by atoms with E-state index in [2.05, 4.69) is 10.3 Å². The van der Waals surface area contributed by atoms with Crippen molar-refractivity contribution in [2.75, 3.05) is 5.32 Å². The van der Waals surface area contributed by atoms with Crippen molar-refractivity contribution in [2.24, 2.45) is 0 Å². The number of carbonyl (C=O) groups excluding carboxylic acids is 1. The van der Waals surface area contributed by atoms with Gasteiger partial charge in [-0.05, 0) is 42.0 Å². The van der Waals surface area contributed by atoms with E-state index in [1.165, 1.54) is 10.6 Å². The van der Waals surface area contributed by atoms with E-state index in [9.17, 15) is 9.59 Å².